The summed E-state index contributed by atoms with van der Waals surface area (Å²) in [6, 6.07) is 0. The van der Waals surface area contributed by atoms with Crippen LogP contribution in [0.15, 0.2) is 12.7 Å². The van der Waals surface area contributed by atoms with Gasteiger partial charge in [0.05, 0.1) is 6.61 Å². The van der Waals surface area contributed by atoms with Gasteiger partial charge in [-0.25, -0.2) is 4.89 Å². The molecule has 34 valence electrons. The first-order valence-corrected chi connectivity index (χ1v) is 1.29. The van der Waals surface area contributed by atoms with Crippen molar-refractivity contribution in [1.29, 1.82) is 0 Å². The maximum Gasteiger partial charge on any atom is 0.0998 e. The van der Waals surface area contributed by atoms with Crippen LogP contribution < -0.4 is 0 Å². The molecule has 6 heavy (non-hydrogen) atoms. The molecule has 0 spiro atoms. The maximum atomic E-state index is 7.50. The molecule has 0 heterocycles. The Morgan fingerprint density at radius 1 is 1.83 bits per heavy atom. The minimum atomic E-state index is 0. The molecule has 1 N–H and O–H groups in total. The zero-order valence-corrected chi connectivity index (χ0v) is 4.91. The molecule has 0 aliphatic carbocycles. The van der Waals surface area contributed by atoms with Crippen LogP contribution >= 0.6 is 0 Å². The fourth-order valence-corrected chi connectivity index (χ4v) is 0.0527. The summed E-state index contributed by atoms with van der Waals surface area (Å²) >= 11 is 0. The quantitative estimate of drug-likeness (QED) is 0.252. The van der Waals surface area contributed by atoms with E-state index in [2.05, 4.69) is 11.5 Å². The Labute approximate surface area is 51.6 Å². The van der Waals surface area contributed by atoms with Gasteiger partial charge >= 0.3 is 0 Å². The SMILES string of the molecule is C=CCOO.[Ti]. The first-order valence-electron chi connectivity index (χ1n) is 1.29. The average Bonchev–Trinajstić information content (AvgIpc) is 1.41. The standard InChI is InChI=1S/C3H6O2.Ti/c1-2-3-5-4;/h2,4H,1,3H2;. The average molecular weight is 122 g/mol. The largest absolute Gasteiger partial charge is 0.252 e. The fraction of sp³-hybridized carbons (Fsp3) is 0.333. The minimum Gasteiger partial charge on any atom is -0.252 e. The molecule has 0 fully saturated rings. The normalized spacial score (nSPS) is 6.17. The van der Waals surface area contributed by atoms with Crippen molar-refractivity contribution in [3.8, 4) is 0 Å². The summed E-state index contributed by atoms with van der Waals surface area (Å²) in [5, 5.41) is 7.50. The molecule has 0 atom stereocenters. The van der Waals surface area contributed by atoms with Gasteiger partial charge in [0.2, 0.25) is 0 Å². The van der Waals surface area contributed by atoms with Gasteiger partial charge in [0.1, 0.15) is 0 Å². The van der Waals surface area contributed by atoms with Crippen LogP contribution in [0.3, 0.4) is 0 Å². The number of hydrogen-bond acceptors (Lipinski definition) is 2. The monoisotopic (exact) mass is 122 g/mol. The maximum absolute atomic E-state index is 7.50. The number of hydrogen-bond donors (Lipinski definition) is 1. The van der Waals surface area contributed by atoms with Crippen LogP contribution in [-0.2, 0) is 26.6 Å². The summed E-state index contributed by atoms with van der Waals surface area (Å²) in [5.74, 6) is 0. The summed E-state index contributed by atoms with van der Waals surface area (Å²) in [4.78, 5) is 3.57. The van der Waals surface area contributed by atoms with Gasteiger partial charge in [-0.3, -0.25) is 5.26 Å². The molecule has 0 aromatic carbocycles. The molecular weight excluding hydrogens is 116 g/mol. The van der Waals surface area contributed by atoms with Crippen LogP contribution in [0, 0.1) is 0 Å². The van der Waals surface area contributed by atoms with Crippen LogP contribution in [0.1, 0.15) is 0 Å². The Balaban J connectivity index is 0. The molecule has 0 rings (SSSR count). The van der Waals surface area contributed by atoms with E-state index in [1.807, 2.05) is 0 Å². The van der Waals surface area contributed by atoms with Gasteiger partial charge in [0.25, 0.3) is 0 Å². The van der Waals surface area contributed by atoms with Crippen LogP contribution in [0.2, 0.25) is 0 Å². The zero-order chi connectivity index (χ0) is 4.12. The minimum absolute atomic E-state index is 0. The van der Waals surface area contributed by atoms with E-state index >= 15 is 0 Å². The molecule has 2 nitrogen and oxygen atoms in total. The Hall–Kier alpha value is 0.374. The molecule has 0 saturated carbocycles. The Morgan fingerprint density at radius 2 is 2.33 bits per heavy atom. The molecule has 0 aromatic rings. The first-order chi connectivity index (χ1) is 2.41. The molecule has 0 unspecified atom stereocenters. The van der Waals surface area contributed by atoms with Crippen molar-refractivity contribution in [2.75, 3.05) is 6.61 Å². The molecule has 0 bridgehead atoms. The van der Waals surface area contributed by atoms with E-state index < -0.39 is 0 Å². The van der Waals surface area contributed by atoms with Crippen molar-refractivity contribution in [1.82, 2.24) is 0 Å². The van der Waals surface area contributed by atoms with Crippen molar-refractivity contribution >= 4 is 0 Å². The van der Waals surface area contributed by atoms with Crippen molar-refractivity contribution in [3.05, 3.63) is 12.7 Å². The van der Waals surface area contributed by atoms with Gasteiger partial charge in [0.15, 0.2) is 0 Å². The molecule has 0 aromatic heterocycles. The van der Waals surface area contributed by atoms with Crippen molar-refractivity contribution in [2.24, 2.45) is 0 Å². The topological polar surface area (TPSA) is 29.5 Å². The molecule has 0 amide bonds. The van der Waals surface area contributed by atoms with Crippen LogP contribution in [0.4, 0.5) is 0 Å². The predicted octanol–water partition coefficient (Wildman–Crippen LogP) is 0.659. The second kappa shape index (κ2) is 9.03. The van der Waals surface area contributed by atoms with Crippen LogP contribution in [-0.4, -0.2) is 11.9 Å². The van der Waals surface area contributed by atoms with E-state index in [0.717, 1.165) is 0 Å². The molecule has 0 radical (unpaired) electrons. The summed E-state index contributed by atoms with van der Waals surface area (Å²) in [7, 11) is 0. The fourth-order valence-electron chi connectivity index (χ4n) is 0.0527. The van der Waals surface area contributed by atoms with Gasteiger partial charge < -0.3 is 0 Å². The van der Waals surface area contributed by atoms with E-state index in [9.17, 15) is 0 Å². The summed E-state index contributed by atoms with van der Waals surface area (Å²) in [5.41, 5.74) is 0. The number of rotatable bonds is 2. The van der Waals surface area contributed by atoms with E-state index in [4.69, 9.17) is 5.26 Å². The molecule has 0 aliphatic heterocycles. The second-order valence-corrected chi connectivity index (χ2v) is 0.584. The Bertz CT molecular complexity index is 30.0. The predicted molar refractivity (Wildman–Crippen MR) is 18.8 cm³/mol. The molecule has 3 heteroatoms. The van der Waals surface area contributed by atoms with Gasteiger partial charge in [-0.2, -0.15) is 0 Å². The summed E-state index contributed by atoms with van der Waals surface area (Å²) < 4.78 is 0. The summed E-state index contributed by atoms with van der Waals surface area (Å²) in [6.45, 7) is 3.47. The van der Waals surface area contributed by atoms with E-state index in [1.54, 1.807) is 0 Å². The van der Waals surface area contributed by atoms with E-state index in [-0.39, 0.29) is 28.3 Å². The van der Waals surface area contributed by atoms with Gasteiger partial charge in [0, 0.05) is 21.7 Å². The zero-order valence-electron chi connectivity index (χ0n) is 3.35. The third-order valence-electron chi connectivity index (χ3n) is 0.192. The molecular formula is C3H6O2Ti. The van der Waals surface area contributed by atoms with Crippen LogP contribution in [0.5, 0.6) is 0 Å². The van der Waals surface area contributed by atoms with E-state index in [0.29, 0.717) is 0 Å². The first kappa shape index (κ1) is 9.62. The van der Waals surface area contributed by atoms with Gasteiger partial charge in [-0.1, -0.05) is 6.08 Å². The van der Waals surface area contributed by atoms with Gasteiger partial charge in [-0.05, 0) is 0 Å². The summed E-state index contributed by atoms with van der Waals surface area (Å²) in [6.07, 6.45) is 1.46. The van der Waals surface area contributed by atoms with Crippen molar-refractivity contribution in [2.45, 2.75) is 0 Å². The Morgan fingerprint density at radius 3 is 2.33 bits per heavy atom. The van der Waals surface area contributed by atoms with Gasteiger partial charge in [-0.15, -0.1) is 6.58 Å². The third kappa shape index (κ3) is 8.83. The van der Waals surface area contributed by atoms with Crippen molar-refractivity contribution < 1.29 is 31.9 Å². The second-order valence-electron chi connectivity index (χ2n) is 0.584. The smallest absolute Gasteiger partial charge is 0.0998 e. The third-order valence-corrected chi connectivity index (χ3v) is 0.192. The van der Waals surface area contributed by atoms with Crippen LogP contribution in [0.25, 0.3) is 0 Å². The van der Waals surface area contributed by atoms with Crippen molar-refractivity contribution in [3.63, 3.8) is 0 Å². The molecule has 0 aliphatic rings. The Kier molecular flexibility index (Phi) is 14.5. The molecule has 0 saturated heterocycles. The van der Waals surface area contributed by atoms with E-state index in [1.165, 1.54) is 6.08 Å².